The summed E-state index contributed by atoms with van der Waals surface area (Å²) in [5, 5.41) is 3.36. The molecule has 2 aromatic rings. The van der Waals surface area contributed by atoms with Gasteiger partial charge >= 0.3 is 0 Å². The lowest BCUT2D eigenvalue weighted by Gasteiger charge is -2.05. The van der Waals surface area contributed by atoms with Crippen molar-refractivity contribution in [2.75, 3.05) is 5.32 Å². The first-order chi connectivity index (χ1) is 8.69. The highest BCUT2D eigenvalue weighted by Crippen LogP contribution is 2.21. The quantitative estimate of drug-likeness (QED) is 0.891. The van der Waals surface area contributed by atoms with E-state index < -0.39 is 0 Å². The zero-order chi connectivity index (χ0) is 13.0. The van der Waals surface area contributed by atoms with Crippen molar-refractivity contribution in [2.24, 2.45) is 0 Å². The Morgan fingerprint density at radius 3 is 2.72 bits per heavy atom. The van der Waals surface area contributed by atoms with E-state index in [9.17, 15) is 0 Å². The maximum Gasteiger partial charge on any atom is 0.129 e. The van der Waals surface area contributed by atoms with Crippen LogP contribution in [0, 0.1) is 13.8 Å². The Bertz CT molecular complexity index is 500. The lowest BCUT2D eigenvalue weighted by atomic mass is 10.2. The summed E-state index contributed by atoms with van der Waals surface area (Å²) in [5.74, 6) is 0.914. The molecule has 0 saturated heterocycles. The van der Waals surface area contributed by atoms with E-state index in [1.807, 2.05) is 17.4 Å². The van der Waals surface area contributed by atoms with Crippen LogP contribution in [0.2, 0.25) is 0 Å². The van der Waals surface area contributed by atoms with Gasteiger partial charge in [-0.2, -0.15) is 0 Å². The van der Waals surface area contributed by atoms with Crippen LogP contribution in [0.5, 0.6) is 0 Å². The van der Waals surface area contributed by atoms with Gasteiger partial charge in [0.05, 0.1) is 6.54 Å². The summed E-state index contributed by atoms with van der Waals surface area (Å²) >= 11 is 1.84. The summed E-state index contributed by atoms with van der Waals surface area (Å²) < 4.78 is 0. The third-order valence-electron chi connectivity index (χ3n) is 2.89. The van der Waals surface area contributed by atoms with Crippen molar-refractivity contribution in [3.05, 3.63) is 39.5 Å². The number of aryl methyl sites for hydroxylation is 3. The highest BCUT2D eigenvalue weighted by atomic mass is 32.1. The predicted octanol–water partition coefficient (Wildman–Crippen LogP) is 3.72. The second kappa shape index (κ2) is 5.96. The second-order valence-corrected chi connectivity index (χ2v) is 5.79. The Morgan fingerprint density at radius 2 is 2.06 bits per heavy atom. The SMILES string of the molecule is CCCc1cc(NCc2cc(C)c(C)s2)ncn1. The molecular formula is C14H19N3S. The molecule has 0 amide bonds. The van der Waals surface area contributed by atoms with Crippen molar-refractivity contribution in [3.8, 4) is 0 Å². The van der Waals surface area contributed by atoms with Gasteiger partial charge in [-0.15, -0.1) is 11.3 Å². The molecule has 0 aliphatic rings. The van der Waals surface area contributed by atoms with Crippen LogP contribution in [0.25, 0.3) is 0 Å². The van der Waals surface area contributed by atoms with Gasteiger partial charge in [0, 0.05) is 21.5 Å². The molecule has 18 heavy (non-hydrogen) atoms. The van der Waals surface area contributed by atoms with Gasteiger partial charge in [-0.25, -0.2) is 9.97 Å². The van der Waals surface area contributed by atoms with Gasteiger partial charge in [0.25, 0.3) is 0 Å². The van der Waals surface area contributed by atoms with Gasteiger partial charge in [-0.3, -0.25) is 0 Å². The number of thiophene rings is 1. The summed E-state index contributed by atoms with van der Waals surface area (Å²) in [7, 11) is 0. The second-order valence-electron chi connectivity index (χ2n) is 4.45. The first-order valence-corrected chi connectivity index (χ1v) is 7.11. The summed E-state index contributed by atoms with van der Waals surface area (Å²) in [5.41, 5.74) is 2.47. The molecule has 0 unspecified atom stereocenters. The maximum atomic E-state index is 4.25. The topological polar surface area (TPSA) is 37.8 Å². The van der Waals surface area contributed by atoms with E-state index >= 15 is 0 Å². The van der Waals surface area contributed by atoms with Crippen molar-refractivity contribution in [1.29, 1.82) is 0 Å². The molecule has 0 radical (unpaired) electrons. The number of hydrogen-bond acceptors (Lipinski definition) is 4. The van der Waals surface area contributed by atoms with Gasteiger partial charge in [0.15, 0.2) is 0 Å². The fraction of sp³-hybridized carbons (Fsp3) is 0.429. The minimum Gasteiger partial charge on any atom is -0.365 e. The molecule has 0 saturated carbocycles. The normalized spacial score (nSPS) is 10.6. The highest BCUT2D eigenvalue weighted by Gasteiger charge is 2.02. The number of anilines is 1. The summed E-state index contributed by atoms with van der Waals surface area (Å²) in [6.45, 7) is 7.31. The van der Waals surface area contributed by atoms with Gasteiger partial charge in [-0.05, 0) is 31.9 Å². The van der Waals surface area contributed by atoms with E-state index in [4.69, 9.17) is 0 Å². The fourth-order valence-corrected chi connectivity index (χ4v) is 2.79. The third-order valence-corrected chi connectivity index (χ3v) is 4.04. The van der Waals surface area contributed by atoms with Gasteiger partial charge in [0.1, 0.15) is 12.1 Å². The molecule has 2 rings (SSSR count). The average molecular weight is 261 g/mol. The molecule has 0 aliphatic heterocycles. The average Bonchev–Trinajstić information content (AvgIpc) is 2.67. The highest BCUT2D eigenvalue weighted by molar-refractivity contribution is 7.12. The molecule has 0 bridgehead atoms. The lowest BCUT2D eigenvalue weighted by Crippen LogP contribution is -2.01. The molecule has 96 valence electrons. The Kier molecular flexibility index (Phi) is 4.31. The molecule has 1 N–H and O–H groups in total. The van der Waals surface area contributed by atoms with Crippen molar-refractivity contribution in [3.63, 3.8) is 0 Å². The number of nitrogens with zero attached hydrogens (tertiary/aromatic N) is 2. The third kappa shape index (κ3) is 3.29. The molecule has 0 aromatic carbocycles. The fourth-order valence-electron chi connectivity index (χ4n) is 1.80. The molecule has 2 aromatic heterocycles. The Labute approximate surface area is 112 Å². The van der Waals surface area contributed by atoms with E-state index in [1.165, 1.54) is 15.3 Å². The largest absolute Gasteiger partial charge is 0.365 e. The predicted molar refractivity (Wildman–Crippen MR) is 77.1 cm³/mol. The van der Waals surface area contributed by atoms with Gasteiger partial charge in [0.2, 0.25) is 0 Å². The van der Waals surface area contributed by atoms with E-state index in [2.05, 4.69) is 42.1 Å². The van der Waals surface area contributed by atoms with E-state index in [1.54, 1.807) is 6.33 Å². The minimum atomic E-state index is 0.835. The zero-order valence-electron chi connectivity index (χ0n) is 11.2. The molecule has 4 heteroatoms. The molecule has 2 heterocycles. The number of rotatable bonds is 5. The van der Waals surface area contributed by atoms with Crippen molar-refractivity contribution >= 4 is 17.2 Å². The number of nitrogens with one attached hydrogen (secondary N) is 1. The molecule has 3 nitrogen and oxygen atoms in total. The zero-order valence-corrected chi connectivity index (χ0v) is 12.0. The number of aromatic nitrogens is 2. The van der Waals surface area contributed by atoms with Gasteiger partial charge in [-0.1, -0.05) is 13.3 Å². The molecule has 0 fully saturated rings. The lowest BCUT2D eigenvalue weighted by molar-refractivity contribution is 0.871. The van der Waals surface area contributed by atoms with Crippen LogP contribution in [0.4, 0.5) is 5.82 Å². The first-order valence-electron chi connectivity index (χ1n) is 6.29. The van der Waals surface area contributed by atoms with Crippen LogP contribution in [-0.2, 0) is 13.0 Å². The minimum absolute atomic E-state index is 0.835. The van der Waals surface area contributed by atoms with E-state index in [0.717, 1.165) is 30.9 Å². The van der Waals surface area contributed by atoms with Crippen molar-refractivity contribution in [1.82, 2.24) is 9.97 Å². The summed E-state index contributed by atoms with van der Waals surface area (Å²) in [6, 6.07) is 4.28. The molecule has 0 aliphatic carbocycles. The van der Waals surface area contributed by atoms with Crippen LogP contribution in [-0.4, -0.2) is 9.97 Å². The Balaban J connectivity index is 1.99. The monoisotopic (exact) mass is 261 g/mol. The molecular weight excluding hydrogens is 242 g/mol. The Hall–Kier alpha value is -1.42. The van der Waals surface area contributed by atoms with E-state index in [-0.39, 0.29) is 0 Å². The maximum absolute atomic E-state index is 4.25. The van der Waals surface area contributed by atoms with Crippen molar-refractivity contribution in [2.45, 2.75) is 40.2 Å². The summed E-state index contributed by atoms with van der Waals surface area (Å²) in [4.78, 5) is 11.2. The van der Waals surface area contributed by atoms with Crippen LogP contribution in [0.15, 0.2) is 18.5 Å². The van der Waals surface area contributed by atoms with Gasteiger partial charge < -0.3 is 5.32 Å². The molecule has 0 atom stereocenters. The smallest absolute Gasteiger partial charge is 0.129 e. The standard InChI is InChI=1S/C14H19N3S/c1-4-5-12-7-14(17-9-16-12)15-8-13-6-10(2)11(3)18-13/h6-7,9H,4-5,8H2,1-3H3,(H,15,16,17). The van der Waals surface area contributed by atoms with Crippen LogP contribution >= 0.6 is 11.3 Å². The first kappa shape index (κ1) is 13.0. The Morgan fingerprint density at radius 1 is 1.22 bits per heavy atom. The van der Waals surface area contributed by atoms with Crippen LogP contribution in [0.1, 0.15) is 34.4 Å². The number of hydrogen-bond donors (Lipinski definition) is 1. The van der Waals surface area contributed by atoms with Crippen molar-refractivity contribution < 1.29 is 0 Å². The summed E-state index contributed by atoms with van der Waals surface area (Å²) in [6.07, 6.45) is 3.76. The van der Waals surface area contributed by atoms with E-state index in [0.29, 0.717) is 0 Å². The van der Waals surface area contributed by atoms with Crippen LogP contribution in [0.3, 0.4) is 0 Å². The van der Waals surface area contributed by atoms with Crippen LogP contribution < -0.4 is 5.32 Å². The molecule has 0 spiro atoms.